The summed E-state index contributed by atoms with van der Waals surface area (Å²) in [5, 5.41) is 0. The molecule has 8 heteroatoms. The van der Waals surface area contributed by atoms with Crippen molar-refractivity contribution in [3.63, 3.8) is 0 Å². The Hall–Kier alpha value is -2.90. The van der Waals surface area contributed by atoms with E-state index in [0.29, 0.717) is 11.4 Å². The molecule has 0 fully saturated rings. The summed E-state index contributed by atoms with van der Waals surface area (Å²) in [5.41, 5.74) is 5.10. The van der Waals surface area contributed by atoms with Crippen LogP contribution in [0, 0.1) is 0 Å². The highest BCUT2D eigenvalue weighted by Crippen LogP contribution is 2.23. The molecule has 0 aliphatic heterocycles. The van der Waals surface area contributed by atoms with Gasteiger partial charge in [0.05, 0.1) is 5.69 Å². The Kier molecular flexibility index (Phi) is 4.72. The first-order valence-electron chi connectivity index (χ1n) is 6.07. The molecule has 116 valence electrons. The molecule has 0 aliphatic carbocycles. The Balaban J connectivity index is 1.83. The summed E-state index contributed by atoms with van der Waals surface area (Å²) >= 11 is 0. The lowest BCUT2D eigenvalue weighted by Crippen LogP contribution is -2.32. The normalized spacial score (nSPS) is 10.7. The van der Waals surface area contributed by atoms with Crippen molar-refractivity contribution in [3.05, 3.63) is 54.6 Å². The predicted octanol–water partition coefficient (Wildman–Crippen LogP) is 3.70. The number of rotatable bonds is 4. The van der Waals surface area contributed by atoms with Gasteiger partial charge >= 0.3 is 12.5 Å². The van der Waals surface area contributed by atoms with Gasteiger partial charge in [0.1, 0.15) is 11.5 Å². The Morgan fingerprint density at radius 1 is 0.909 bits per heavy atom. The Labute approximate surface area is 123 Å². The van der Waals surface area contributed by atoms with E-state index in [1.807, 2.05) is 0 Å². The molecule has 2 rings (SSSR count). The third-order valence-corrected chi connectivity index (χ3v) is 2.35. The molecule has 1 amide bonds. The van der Waals surface area contributed by atoms with Crippen LogP contribution < -0.4 is 20.3 Å². The molecule has 0 atom stereocenters. The number of para-hydroxylation sites is 1. The van der Waals surface area contributed by atoms with Crippen LogP contribution in [-0.2, 0) is 0 Å². The standard InChI is InChI=1S/C14H11F3N2O3/c15-14(16,17)22-12-8-6-10(7-9-12)18-19-13(20)21-11-4-2-1-3-5-11/h1-9,18H,(H,19,20). The number of ether oxygens (including phenoxy) is 2. The molecule has 5 nitrogen and oxygen atoms in total. The summed E-state index contributed by atoms with van der Waals surface area (Å²) in [6.45, 7) is 0. The van der Waals surface area contributed by atoms with E-state index in [1.54, 1.807) is 30.3 Å². The topological polar surface area (TPSA) is 59.6 Å². The number of anilines is 1. The number of carbonyl (C=O) groups excluding carboxylic acids is 1. The van der Waals surface area contributed by atoms with E-state index in [9.17, 15) is 18.0 Å². The van der Waals surface area contributed by atoms with Crippen LogP contribution in [0.4, 0.5) is 23.7 Å². The van der Waals surface area contributed by atoms with Crippen molar-refractivity contribution in [2.75, 3.05) is 5.43 Å². The highest BCUT2D eigenvalue weighted by Gasteiger charge is 2.30. The molecular formula is C14H11F3N2O3. The van der Waals surface area contributed by atoms with E-state index >= 15 is 0 Å². The fourth-order valence-electron chi connectivity index (χ4n) is 1.48. The van der Waals surface area contributed by atoms with Gasteiger partial charge in [-0.1, -0.05) is 18.2 Å². The summed E-state index contributed by atoms with van der Waals surface area (Å²) in [7, 11) is 0. The molecular weight excluding hydrogens is 301 g/mol. The predicted molar refractivity (Wildman–Crippen MR) is 72.3 cm³/mol. The van der Waals surface area contributed by atoms with Gasteiger partial charge in [-0.25, -0.2) is 10.2 Å². The Morgan fingerprint density at radius 3 is 2.14 bits per heavy atom. The molecule has 0 aromatic heterocycles. The van der Waals surface area contributed by atoms with Gasteiger partial charge in [-0.15, -0.1) is 13.2 Å². The summed E-state index contributed by atoms with van der Waals surface area (Å²) in [6, 6.07) is 13.2. The van der Waals surface area contributed by atoms with E-state index in [1.165, 1.54) is 12.1 Å². The lowest BCUT2D eigenvalue weighted by Gasteiger charge is -2.11. The molecule has 0 aliphatic rings. The number of hydrazine groups is 1. The fourth-order valence-corrected chi connectivity index (χ4v) is 1.48. The average molecular weight is 312 g/mol. The highest BCUT2D eigenvalue weighted by molar-refractivity contribution is 5.72. The first-order chi connectivity index (χ1) is 10.4. The maximum absolute atomic E-state index is 12.0. The Morgan fingerprint density at radius 2 is 1.55 bits per heavy atom. The lowest BCUT2D eigenvalue weighted by molar-refractivity contribution is -0.274. The van der Waals surface area contributed by atoms with Gasteiger partial charge in [-0.05, 0) is 36.4 Å². The van der Waals surface area contributed by atoms with Gasteiger partial charge in [0.15, 0.2) is 0 Å². The zero-order valence-corrected chi connectivity index (χ0v) is 11.1. The zero-order chi connectivity index (χ0) is 16.0. The van der Waals surface area contributed by atoms with Crippen LogP contribution in [0.1, 0.15) is 0 Å². The van der Waals surface area contributed by atoms with Crippen molar-refractivity contribution >= 4 is 11.8 Å². The number of carbonyl (C=O) groups is 1. The molecule has 0 bridgehead atoms. The first kappa shape index (κ1) is 15.5. The second kappa shape index (κ2) is 6.70. The molecule has 2 aromatic rings. The van der Waals surface area contributed by atoms with E-state index in [2.05, 4.69) is 15.6 Å². The second-order valence-electron chi connectivity index (χ2n) is 4.02. The lowest BCUT2D eigenvalue weighted by atomic mass is 10.3. The quantitative estimate of drug-likeness (QED) is 0.845. The van der Waals surface area contributed by atoms with Gasteiger partial charge in [0, 0.05) is 0 Å². The van der Waals surface area contributed by atoms with Crippen molar-refractivity contribution in [3.8, 4) is 11.5 Å². The van der Waals surface area contributed by atoms with Crippen LogP contribution in [-0.4, -0.2) is 12.5 Å². The van der Waals surface area contributed by atoms with Crippen molar-refractivity contribution < 1.29 is 27.4 Å². The minimum atomic E-state index is -4.74. The summed E-state index contributed by atoms with van der Waals surface area (Å²) in [5.74, 6) is 0.000590. The number of hydrogen-bond donors (Lipinski definition) is 2. The highest BCUT2D eigenvalue weighted by atomic mass is 19.4. The number of amides is 1. The van der Waals surface area contributed by atoms with E-state index in [-0.39, 0.29) is 5.75 Å². The van der Waals surface area contributed by atoms with Gasteiger partial charge < -0.3 is 9.47 Å². The summed E-state index contributed by atoms with van der Waals surface area (Å²) in [4.78, 5) is 11.5. The third-order valence-electron chi connectivity index (χ3n) is 2.35. The van der Waals surface area contributed by atoms with E-state index < -0.39 is 12.5 Å². The van der Waals surface area contributed by atoms with Crippen molar-refractivity contribution in [1.29, 1.82) is 0 Å². The third kappa shape index (κ3) is 5.23. The number of hydrogen-bond acceptors (Lipinski definition) is 4. The molecule has 2 N–H and O–H groups in total. The van der Waals surface area contributed by atoms with Crippen molar-refractivity contribution in [1.82, 2.24) is 5.43 Å². The van der Waals surface area contributed by atoms with Crippen LogP contribution in [0.25, 0.3) is 0 Å². The first-order valence-corrected chi connectivity index (χ1v) is 6.07. The van der Waals surface area contributed by atoms with Gasteiger partial charge in [0.2, 0.25) is 0 Å². The smallest absolute Gasteiger partial charge is 0.409 e. The number of halogens is 3. The molecule has 2 aromatic carbocycles. The Bertz CT molecular complexity index is 615. The largest absolute Gasteiger partial charge is 0.573 e. The monoisotopic (exact) mass is 312 g/mol. The van der Waals surface area contributed by atoms with Gasteiger partial charge in [-0.2, -0.15) is 0 Å². The number of nitrogens with one attached hydrogen (secondary N) is 2. The van der Waals surface area contributed by atoms with Crippen LogP contribution in [0.3, 0.4) is 0 Å². The van der Waals surface area contributed by atoms with E-state index in [4.69, 9.17) is 4.74 Å². The SMILES string of the molecule is O=C(NNc1ccc(OC(F)(F)F)cc1)Oc1ccccc1. The zero-order valence-electron chi connectivity index (χ0n) is 11.1. The maximum Gasteiger partial charge on any atom is 0.573 e. The average Bonchev–Trinajstić information content (AvgIpc) is 2.46. The van der Waals surface area contributed by atoms with Crippen LogP contribution in [0.2, 0.25) is 0 Å². The fraction of sp³-hybridized carbons (Fsp3) is 0.0714. The summed E-state index contributed by atoms with van der Waals surface area (Å²) in [6.07, 6.45) is -5.51. The minimum absolute atomic E-state index is 0.357. The molecule has 22 heavy (non-hydrogen) atoms. The molecule has 0 saturated carbocycles. The van der Waals surface area contributed by atoms with Gasteiger partial charge in [-0.3, -0.25) is 5.43 Å². The van der Waals surface area contributed by atoms with Crippen molar-refractivity contribution in [2.24, 2.45) is 0 Å². The van der Waals surface area contributed by atoms with Gasteiger partial charge in [0.25, 0.3) is 0 Å². The molecule has 0 unspecified atom stereocenters. The van der Waals surface area contributed by atoms with Crippen LogP contribution >= 0.6 is 0 Å². The molecule has 0 saturated heterocycles. The second-order valence-corrected chi connectivity index (χ2v) is 4.02. The van der Waals surface area contributed by atoms with E-state index in [0.717, 1.165) is 12.1 Å². The molecule has 0 spiro atoms. The summed E-state index contributed by atoms with van der Waals surface area (Å²) < 4.78 is 44.6. The molecule has 0 heterocycles. The van der Waals surface area contributed by atoms with Crippen LogP contribution in [0.5, 0.6) is 11.5 Å². The molecule has 0 radical (unpaired) electrons. The van der Waals surface area contributed by atoms with Crippen LogP contribution in [0.15, 0.2) is 54.6 Å². The number of benzene rings is 2. The van der Waals surface area contributed by atoms with Crippen molar-refractivity contribution in [2.45, 2.75) is 6.36 Å². The maximum atomic E-state index is 12.0. The minimum Gasteiger partial charge on any atom is -0.409 e. The number of alkyl halides is 3.